The van der Waals surface area contributed by atoms with Crippen molar-refractivity contribution in [1.29, 1.82) is 0 Å². The Labute approximate surface area is 158 Å². The van der Waals surface area contributed by atoms with Gasteiger partial charge in [-0.05, 0) is 24.6 Å². The summed E-state index contributed by atoms with van der Waals surface area (Å²) in [4.78, 5) is 23.4. The summed E-state index contributed by atoms with van der Waals surface area (Å²) in [5.41, 5.74) is 2.53. The van der Waals surface area contributed by atoms with E-state index in [9.17, 15) is 9.59 Å². The van der Waals surface area contributed by atoms with Crippen LogP contribution in [0.3, 0.4) is 0 Å². The van der Waals surface area contributed by atoms with Gasteiger partial charge in [-0.2, -0.15) is 11.8 Å². The smallest absolute Gasteiger partial charge is 0.258 e. The molecule has 2 aromatic rings. The van der Waals surface area contributed by atoms with E-state index in [0.29, 0.717) is 12.3 Å². The topological polar surface area (TPSA) is 67.4 Å². The van der Waals surface area contributed by atoms with E-state index in [1.54, 1.807) is 23.9 Å². The third kappa shape index (κ3) is 8.07. The van der Waals surface area contributed by atoms with Crippen molar-refractivity contribution in [2.75, 3.05) is 25.4 Å². The molecule has 0 aliphatic heterocycles. The quantitative estimate of drug-likeness (QED) is 0.629. The summed E-state index contributed by atoms with van der Waals surface area (Å²) in [5.74, 6) is 1.85. The molecule has 0 radical (unpaired) electrons. The summed E-state index contributed by atoms with van der Waals surface area (Å²) in [6.07, 6.45) is 0. The van der Waals surface area contributed by atoms with Crippen LogP contribution in [0.4, 0.5) is 0 Å². The lowest BCUT2D eigenvalue weighted by molar-refractivity contribution is -0.127. The average molecular weight is 372 g/mol. The van der Waals surface area contributed by atoms with Gasteiger partial charge in [0.1, 0.15) is 5.75 Å². The molecule has 2 rings (SSSR count). The number of thioether (sulfide) groups is 1. The van der Waals surface area contributed by atoms with Crippen LogP contribution in [0.1, 0.15) is 11.1 Å². The van der Waals surface area contributed by atoms with Crippen molar-refractivity contribution >= 4 is 23.6 Å². The number of para-hydroxylation sites is 1. The maximum absolute atomic E-state index is 11.7. The lowest BCUT2D eigenvalue weighted by atomic mass is 10.2. The van der Waals surface area contributed by atoms with Gasteiger partial charge in [-0.3, -0.25) is 9.59 Å². The highest BCUT2D eigenvalue weighted by Gasteiger charge is 2.06. The molecule has 26 heavy (non-hydrogen) atoms. The van der Waals surface area contributed by atoms with E-state index in [2.05, 4.69) is 41.8 Å². The third-order valence-electron chi connectivity index (χ3n) is 3.52. The molecule has 0 bridgehead atoms. The van der Waals surface area contributed by atoms with Gasteiger partial charge in [0.05, 0.1) is 6.54 Å². The Kier molecular flexibility index (Phi) is 8.55. The van der Waals surface area contributed by atoms with Crippen molar-refractivity contribution in [3.8, 4) is 5.75 Å². The normalized spacial score (nSPS) is 10.2. The molecule has 0 spiro atoms. The van der Waals surface area contributed by atoms with E-state index < -0.39 is 0 Å². The van der Waals surface area contributed by atoms with Crippen LogP contribution in [0.15, 0.2) is 54.6 Å². The van der Waals surface area contributed by atoms with E-state index in [-0.39, 0.29) is 25.0 Å². The predicted octanol–water partition coefficient (Wildman–Crippen LogP) is 2.54. The lowest BCUT2D eigenvalue weighted by Crippen LogP contribution is -2.39. The zero-order valence-corrected chi connectivity index (χ0v) is 15.7. The number of ether oxygens (including phenoxy) is 1. The van der Waals surface area contributed by atoms with Crippen molar-refractivity contribution in [3.63, 3.8) is 0 Å². The van der Waals surface area contributed by atoms with Gasteiger partial charge in [-0.15, -0.1) is 0 Å². The number of hydrogen-bond donors (Lipinski definition) is 2. The van der Waals surface area contributed by atoms with Gasteiger partial charge in [0.25, 0.3) is 5.91 Å². The van der Waals surface area contributed by atoms with Gasteiger partial charge < -0.3 is 15.4 Å². The number of carbonyl (C=O) groups is 2. The highest BCUT2D eigenvalue weighted by atomic mass is 32.2. The van der Waals surface area contributed by atoms with E-state index >= 15 is 0 Å². The molecule has 6 heteroatoms. The summed E-state index contributed by atoms with van der Waals surface area (Å²) >= 11 is 1.76. The first-order valence-corrected chi connectivity index (χ1v) is 9.63. The molecule has 0 heterocycles. The van der Waals surface area contributed by atoms with Crippen molar-refractivity contribution < 1.29 is 14.3 Å². The van der Waals surface area contributed by atoms with Gasteiger partial charge in [-0.1, -0.05) is 48.0 Å². The second-order valence-electron chi connectivity index (χ2n) is 5.77. The largest absolute Gasteiger partial charge is 0.484 e. The molecule has 0 aliphatic rings. The van der Waals surface area contributed by atoms with Crippen LogP contribution >= 0.6 is 11.8 Å². The van der Waals surface area contributed by atoms with Gasteiger partial charge >= 0.3 is 0 Å². The Bertz CT molecular complexity index is 690. The van der Waals surface area contributed by atoms with Crippen LogP contribution in [0.25, 0.3) is 0 Å². The van der Waals surface area contributed by atoms with Crippen LogP contribution in [-0.2, 0) is 15.3 Å². The first-order valence-electron chi connectivity index (χ1n) is 8.48. The monoisotopic (exact) mass is 372 g/mol. The third-order valence-corrected chi connectivity index (χ3v) is 4.55. The molecule has 0 aliphatic carbocycles. The minimum absolute atomic E-state index is 0.0421. The van der Waals surface area contributed by atoms with Crippen LogP contribution in [0, 0.1) is 6.92 Å². The number of aryl methyl sites for hydroxylation is 1. The Balaban J connectivity index is 1.50. The zero-order valence-electron chi connectivity index (χ0n) is 14.9. The molecule has 5 nitrogen and oxygen atoms in total. The molecule has 2 amide bonds. The molecule has 0 fully saturated rings. The summed E-state index contributed by atoms with van der Waals surface area (Å²) in [6, 6.07) is 17.5. The molecule has 0 saturated carbocycles. The molecule has 0 atom stereocenters. The van der Waals surface area contributed by atoms with Crippen LogP contribution in [0.5, 0.6) is 5.75 Å². The number of benzene rings is 2. The molecule has 0 saturated heterocycles. The average Bonchev–Trinajstić information content (AvgIpc) is 2.66. The summed E-state index contributed by atoms with van der Waals surface area (Å²) in [5, 5.41) is 5.33. The van der Waals surface area contributed by atoms with Crippen LogP contribution in [0.2, 0.25) is 0 Å². The first-order chi connectivity index (χ1) is 12.6. The van der Waals surface area contributed by atoms with Gasteiger partial charge in [-0.25, -0.2) is 0 Å². The SMILES string of the molecule is Cc1ccc(CSCCNC(=O)CNC(=O)COc2ccccc2)cc1. The summed E-state index contributed by atoms with van der Waals surface area (Å²) in [6.45, 7) is 2.49. The second kappa shape index (κ2) is 11.2. The van der Waals surface area contributed by atoms with Crippen molar-refractivity contribution in [1.82, 2.24) is 10.6 Å². The number of carbonyl (C=O) groups excluding carboxylic acids is 2. The fraction of sp³-hybridized carbons (Fsp3) is 0.300. The minimum Gasteiger partial charge on any atom is -0.484 e. The van der Waals surface area contributed by atoms with Crippen LogP contribution in [-0.4, -0.2) is 37.3 Å². The van der Waals surface area contributed by atoms with Crippen molar-refractivity contribution in [2.24, 2.45) is 0 Å². The van der Waals surface area contributed by atoms with E-state index in [1.165, 1.54) is 11.1 Å². The standard InChI is InChI=1S/C20H24N2O3S/c1-16-7-9-17(10-8-16)15-26-12-11-21-19(23)13-22-20(24)14-25-18-5-3-2-4-6-18/h2-10H,11-15H2,1H3,(H,21,23)(H,22,24). The Morgan fingerprint density at radius 3 is 2.42 bits per heavy atom. The van der Waals surface area contributed by atoms with Crippen molar-refractivity contribution in [2.45, 2.75) is 12.7 Å². The zero-order chi connectivity index (χ0) is 18.6. The molecular formula is C20H24N2O3S. The molecule has 138 valence electrons. The summed E-state index contributed by atoms with van der Waals surface area (Å²) < 4.78 is 5.32. The molecule has 0 aromatic heterocycles. The highest BCUT2D eigenvalue weighted by Crippen LogP contribution is 2.12. The Hall–Kier alpha value is -2.47. The van der Waals surface area contributed by atoms with E-state index in [0.717, 1.165) is 11.5 Å². The Morgan fingerprint density at radius 2 is 1.69 bits per heavy atom. The van der Waals surface area contributed by atoms with Crippen molar-refractivity contribution in [3.05, 3.63) is 65.7 Å². The van der Waals surface area contributed by atoms with Gasteiger partial charge in [0, 0.05) is 18.1 Å². The molecule has 2 aromatic carbocycles. The van der Waals surface area contributed by atoms with E-state index in [4.69, 9.17) is 4.74 Å². The fourth-order valence-electron chi connectivity index (χ4n) is 2.09. The fourth-order valence-corrected chi connectivity index (χ4v) is 2.91. The van der Waals surface area contributed by atoms with Crippen LogP contribution < -0.4 is 15.4 Å². The van der Waals surface area contributed by atoms with E-state index in [1.807, 2.05) is 18.2 Å². The summed E-state index contributed by atoms with van der Waals surface area (Å²) in [7, 11) is 0. The number of amides is 2. The van der Waals surface area contributed by atoms with Gasteiger partial charge in [0.2, 0.25) is 5.91 Å². The highest BCUT2D eigenvalue weighted by molar-refractivity contribution is 7.98. The number of nitrogens with one attached hydrogen (secondary N) is 2. The lowest BCUT2D eigenvalue weighted by Gasteiger charge is -2.08. The predicted molar refractivity (Wildman–Crippen MR) is 105 cm³/mol. The molecule has 0 unspecified atom stereocenters. The maximum Gasteiger partial charge on any atom is 0.258 e. The van der Waals surface area contributed by atoms with Gasteiger partial charge in [0.15, 0.2) is 6.61 Å². The number of hydrogen-bond acceptors (Lipinski definition) is 4. The molecule has 2 N–H and O–H groups in total. The minimum atomic E-state index is -0.322. The molecular weight excluding hydrogens is 348 g/mol. The number of rotatable bonds is 10. The second-order valence-corrected chi connectivity index (χ2v) is 6.87. The first kappa shape index (κ1) is 19.8. The maximum atomic E-state index is 11.7. The Morgan fingerprint density at radius 1 is 0.962 bits per heavy atom.